The maximum atomic E-state index is 12.4. The average Bonchev–Trinajstić information content (AvgIpc) is 2.87. The number of hydrogen-bond acceptors (Lipinski definition) is 2. The smallest absolute Gasteiger partial charge is 0.223 e. The van der Waals surface area contributed by atoms with Crippen LogP contribution in [-0.2, 0) is 4.79 Å². The molecule has 2 unspecified atom stereocenters. The Balaban J connectivity index is 1.89. The summed E-state index contributed by atoms with van der Waals surface area (Å²) in [4.78, 5) is 12.4. The van der Waals surface area contributed by atoms with E-state index in [-0.39, 0.29) is 11.8 Å². The lowest BCUT2D eigenvalue weighted by Crippen LogP contribution is -2.45. The van der Waals surface area contributed by atoms with Crippen LogP contribution in [0.25, 0.3) is 0 Å². The van der Waals surface area contributed by atoms with Crippen molar-refractivity contribution in [2.24, 2.45) is 23.5 Å². The summed E-state index contributed by atoms with van der Waals surface area (Å²) in [5.74, 6) is 1.59. The Morgan fingerprint density at radius 1 is 1.11 bits per heavy atom. The number of amides is 1. The Kier molecular flexibility index (Phi) is 5.04. The summed E-state index contributed by atoms with van der Waals surface area (Å²) < 4.78 is 0. The van der Waals surface area contributed by atoms with Crippen molar-refractivity contribution in [3.05, 3.63) is 0 Å². The van der Waals surface area contributed by atoms with Gasteiger partial charge in [0.15, 0.2) is 0 Å². The molecule has 2 rings (SSSR count). The minimum atomic E-state index is 0.189. The van der Waals surface area contributed by atoms with Crippen molar-refractivity contribution in [2.75, 3.05) is 6.54 Å². The van der Waals surface area contributed by atoms with Crippen molar-refractivity contribution in [1.82, 2.24) is 5.32 Å². The van der Waals surface area contributed by atoms with Crippen molar-refractivity contribution in [1.29, 1.82) is 0 Å². The normalized spacial score (nSPS) is 36.6. The molecule has 2 saturated carbocycles. The molecule has 0 aromatic heterocycles. The van der Waals surface area contributed by atoms with Crippen LogP contribution in [0.4, 0.5) is 0 Å². The van der Waals surface area contributed by atoms with Crippen molar-refractivity contribution in [3.8, 4) is 0 Å². The zero-order chi connectivity index (χ0) is 13.0. The third kappa shape index (κ3) is 3.05. The second kappa shape index (κ2) is 6.55. The summed E-state index contributed by atoms with van der Waals surface area (Å²) >= 11 is 0. The molecule has 3 heteroatoms. The first-order chi connectivity index (χ1) is 8.76. The van der Waals surface area contributed by atoms with Crippen molar-refractivity contribution >= 4 is 5.91 Å². The van der Waals surface area contributed by atoms with Crippen LogP contribution in [0, 0.1) is 17.8 Å². The molecular formula is C15H28N2O. The highest BCUT2D eigenvalue weighted by molar-refractivity contribution is 5.79. The Morgan fingerprint density at radius 2 is 1.83 bits per heavy atom. The van der Waals surface area contributed by atoms with E-state index < -0.39 is 0 Å². The fraction of sp³-hybridized carbons (Fsp3) is 0.933. The van der Waals surface area contributed by atoms with Gasteiger partial charge in [-0.15, -0.1) is 0 Å². The fourth-order valence-electron chi connectivity index (χ4n) is 3.84. The van der Waals surface area contributed by atoms with Gasteiger partial charge in [-0.05, 0) is 44.1 Å². The quantitative estimate of drug-likeness (QED) is 0.807. The molecule has 2 aliphatic rings. The van der Waals surface area contributed by atoms with Crippen LogP contribution < -0.4 is 11.1 Å². The van der Waals surface area contributed by atoms with Crippen LogP contribution in [0.15, 0.2) is 0 Å². The van der Waals surface area contributed by atoms with Gasteiger partial charge in [-0.2, -0.15) is 0 Å². The van der Waals surface area contributed by atoms with Crippen molar-refractivity contribution in [2.45, 2.75) is 64.3 Å². The van der Waals surface area contributed by atoms with E-state index in [4.69, 9.17) is 5.73 Å². The molecule has 2 fully saturated rings. The highest BCUT2D eigenvalue weighted by Crippen LogP contribution is 2.32. The number of hydrogen-bond donors (Lipinski definition) is 2. The number of nitrogens with two attached hydrogens (primary N) is 1. The van der Waals surface area contributed by atoms with Crippen LogP contribution in [-0.4, -0.2) is 18.5 Å². The molecule has 0 heterocycles. The average molecular weight is 252 g/mol. The van der Waals surface area contributed by atoms with Gasteiger partial charge in [0, 0.05) is 12.0 Å². The molecule has 2 aliphatic carbocycles. The second-order valence-corrected chi connectivity index (χ2v) is 6.10. The summed E-state index contributed by atoms with van der Waals surface area (Å²) in [6.45, 7) is 2.91. The number of rotatable bonds is 4. The maximum Gasteiger partial charge on any atom is 0.223 e. The van der Waals surface area contributed by atoms with Crippen LogP contribution in [0.2, 0.25) is 0 Å². The molecule has 3 N–H and O–H groups in total. The molecule has 0 bridgehead atoms. The molecule has 3 nitrogen and oxygen atoms in total. The van der Waals surface area contributed by atoms with Crippen LogP contribution in [0.5, 0.6) is 0 Å². The standard InChI is InChI=1S/C15H28N2O/c1-2-11-6-3-4-9-14(11)17-15(18)13-8-5-7-12(13)10-16/h11-14H,2-10,16H2,1H3,(H,17,18)/t11?,12-,13-,14?/m1/s1. The number of carbonyl (C=O) groups excluding carboxylic acids is 1. The van der Waals surface area contributed by atoms with E-state index >= 15 is 0 Å². The topological polar surface area (TPSA) is 55.1 Å². The van der Waals surface area contributed by atoms with Gasteiger partial charge in [0.2, 0.25) is 5.91 Å². The molecule has 0 radical (unpaired) electrons. The Morgan fingerprint density at radius 3 is 2.56 bits per heavy atom. The second-order valence-electron chi connectivity index (χ2n) is 6.10. The van der Waals surface area contributed by atoms with E-state index in [9.17, 15) is 4.79 Å². The largest absolute Gasteiger partial charge is 0.353 e. The van der Waals surface area contributed by atoms with Crippen molar-refractivity contribution in [3.63, 3.8) is 0 Å². The summed E-state index contributed by atoms with van der Waals surface area (Å²) in [5, 5.41) is 3.33. The van der Waals surface area contributed by atoms with Crippen molar-refractivity contribution < 1.29 is 4.79 Å². The molecule has 104 valence electrons. The Labute approximate surface area is 111 Å². The first kappa shape index (κ1) is 13.9. The van der Waals surface area contributed by atoms with E-state index in [0.717, 1.165) is 12.8 Å². The highest BCUT2D eigenvalue weighted by atomic mass is 16.2. The lowest BCUT2D eigenvalue weighted by molar-refractivity contribution is -0.127. The van der Waals surface area contributed by atoms with Gasteiger partial charge >= 0.3 is 0 Å². The molecule has 0 aliphatic heterocycles. The maximum absolute atomic E-state index is 12.4. The van der Waals surface area contributed by atoms with E-state index in [0.29, 0.717) is 24.4 Å². The summed E-state index contributed by atoms with van der Waals surface area (Å²) in [5.41, 5.74) is 5.77. The number of nitrogens with one attached hydrogen (secondary N) is 1. The van der Waals surface area contributed by atoms with E-state index in [1.165, 1.54) is 38.5 Å². The fourth-order valence-corrected chi connectivity index (χ4v) is 3.84. The van der Waals surface area contributed by atoms with E-state index in [2.05, 4.69) is 12.2 Å². The van der Waals surface area contributed by atoms with E-state index in [1.54, 1.807) is 0 Å². The van der Waals surface area contributed by atoms with Crippen LogP contribution >= 0.6 is 0 Å². The zero-order valence-corrected chi connectivity index (χ0v) is 11.7. The number of carbonyl (C=O) groups is 1. The molecule has 1 amide bonds. The summed E-state index contributed by atoms with van der Waals surface area (Å²) in [6.07, 6.45) is 9.59. The van der Waals surface area contributed by atoms with Crippen LogP contribution in [0.1, 0.15) is 58.3 Å². The van der Waals surface area contributed by atoms with E-state index in [1.807, 2.05) is 0 Å². The van der Waals surface area contributed by atoms with Gasteiger partial charge in [-0.25, -0.2) is 0 Å². The first-order valence-electron chi connectivity index (χ1n) is 7.76. The lowest BCUT2D eigenvalue weighted by Gasteiger charge is -2.33. The predicted octanol–water partition coefficient (Wildman–Crippen LogP) is 2.45. The molecule has 0 aromatic rings. The molecule has 0 saturated heterocycles. The molecule has 4 atom stereocenters. The SMILES string of the molecule is CCC1CCCCC1NC(=O)[C@@H]1CCC[C@@H]1CN. The summed E-state index contributed by atoms with van der Waals surface area (Å²) in [7, 11) is 0. The van der Waals surface area contributed by atoms with Gasteiger partial charge in [-0.3, -0.25) is 4.79 Å². The Hall–Kier alpha value is -0.570. The monoisotopic (exact) mass is 252 g/mol. The zero-order valence-electron chi connectivity index (χ0n) is 11.7. The minimum Gasteiger partial charge on any atom is -0.353 e. The Bertz CT molecular complexity index is 280. The van der Waals surface area contributed by atoms with Gasteiger partial charge in [0.25, 0.3) is 0 Å². The molecule has 0 spiro atoms. The third-order valence-corrected chi connectivity index (χ3v) is 5.06. The molecule has 0 aromatic carbocycles. The van der Waals surface area contributed by atoms with Crippen LogP contribution in [0.3, 0.4) is 0 Å². The van der Waals surface area contributed by atoms with Gasteiger partial charge in [-0.1, -0.05) is 32.6 Å². The highest BCUT2D eigenvalue weighted by Gasteiger charge is 2.34. The van der Waals surface area contributed by atoms with Gasteiger partial charge in [0.1, 0.15) is 0 Å². The summed E-state index contributed by atoms with van der Waals surface area (Å²) in [6, 6.07) is 0.426. The van der Waals surface area contributed by atoms with Gasteiger partial charge in [0.05, 0.1) is 0 Å². The molecule has 18 heavy (non-hydrogen) atoms. The lowest BCUT2D eigenvalue weighted by atomic mass is 9.82. The molecular weight excluding hydrogens is 224 g/mol. The third-order valence-electron chi connectivity index (χ3n) is 5.06. The first-order valence-corrected chi connectivity index (χ1v) is 7.76. The van der Waals surface area contributed by atoms with Gasteiger partial charge < -0.3 is 11.1 Å². The minimum absolute atomic E-state index is 0.189. The predicted molar refractivity (Wildman–Crippen MR) is 74.1 cm³/mol.